The Morgan fingerprint density at radius 3 is 1.59 bits per heavy atom. The van der Waals surface area contributed by atoms with E-state index in [1.807, 2.05) is 0 Å². The minimum absolute atomic E-state index is 0.273. The molecular weight excluding hydrogens is 336 g/mol. The van der Waals surface area contributed by atoms with Crippen molar-refractivity contribution in [2.24, 2.45) is 0 Å². The number of hydrogen-bond donors (Lipinski definition) is 2. The first-order chi connectivity index (χ1) is 10.2. The second-order valence-corrected chi connectivity index (χ2v) is 8.84. The van der Waals surface area contributed by atoms with Gasteiger partial charge in [-0.1, -0.05) is 12.9 Å². The molecule has 0 amide bonds. The van der Waals surface area contributed by atoms with Gasteiger partial charge in [0, 0.05) is 40.3 Å². The molecule has 0 atom stereocenters. The Morgan fingerprint density at radius 2 is 1.41 bits per heavy atom. The van der Waals surface area contributed by atoms with Crippen LogP contribution in [0.5, 0.6) is 0 Å². The molecule has 2 N–H and O–H groups in total. The molecule has 0 radical (unpaired) electrons. The first kappa shape index (κ1) is 20.2. The van der Waals surface area contributed by atoms with Gasteiger partial charge in [0.1, 0.15) is 0 Å². The van der Waals surface area contributed by atoms with Gasteiger partial charge in [-0.3, -0.25) is 0 Å². The van der Waals surface area contributed by atoms with Crippen molar-refractivity contribution >= 4 is 20.5 Å². The zero-order valence-electron chi connectivity index (χ0n) is 13.0. The zero-order valence-corrected chi connectivity index (χ0v) is 14.8. The lowest BCUT2D eigenvalue weighted by Crippen LogP contribution is -2.54. The van der Waals surface area contributed by atoms with Crippen molar-refractivity contribution in [1.82, 2.24) is 12.9 Å². The monoisotopic (exact) mass is 361 g/mol. The van der Waals surface area contributed by atoms with E-state index >= 15 is 0 Å². The van der Waals surface area contributed by atoms with Crippen LogP contribution in [0.2, 0.25) is 0 Å². The largest absolute Gasteiger partial charge is 0.793 e. The third-order valence-corrected chi connectivity index (χ3v) is 5.95. The summed E-state index contributed by atoms with van der Waals surface area (Å²) >= 11 is 0.273. The van der Waals surface area contributed by atoms with Gasteiger partial charge in [0.2, 0.25) is 0 Å². The van der Waals surface area contributed by atoms with E-state index in [4.69, 9.17) is 9.59 Å². The Kier molecular flexibility index (Phi) is 8.67. The molecule has 0 aromatic carbocycles. The average Bonchev–Trinajstić information content (AvgIpc) is 2.99. The third kappa shape index (κ3) is 7.61. The van der Waals surface area contributed by atoms with Gasteiger partial charge in [0.25, 0.3) is 11.5 Å². The van der Waals surface area contributed by atoms with E-state index in [0.29, 0.717) is 0 Å². The molecule has 132 valence electrons. The van der Waals surface area contributed by atoms with E-state index in [-0.39, 0.29) is 11.5 Å². The molecular formula is C11H25F2N3O4SSi. The fourth-order valence-electron chi connectivity index (χ4n) is 2.44. The second kappa shape index (κ2) is 9.44. The van der Waals surface area contributed by atoms with Gasteiger partial charge in [-0.15, -0.1) is 0 Å². The summed E-state index contributed by atoms with van der Waals surface area (Å²) in [6.45, 7) is 1.81. The summed E-state index contributed by atoms with van der Waals surface area (Å²) in [5, 5.41) is 0. The molecule has 0 bridgehead atoms. The van der Waals surface area contributed by atoms with Crippen LogP contribution in [-0.2, 0) is 15.9 Å². The van der Waals surface area contributed by atoms with Gasteiger partial charge in [-0.05, 0) is 25.7 Å². The molecule has 2 heterocycles. The number of alkyl halides is 2. The normalized spacial score (nSPS) is 21.0. The molecule has 2 saturated heterocycles. The molecule has 0 aromatic rings. The van der Waals surface area contributed by atoms with E-state index in [1.165, 1.54) is 51.9 Å². The van der Waals surface area contributed by atoms with Crippen LogP contribution in [-0.4, -0.2) is 78.4 Å². The number of nitrogens with zero attached hydrogens (tertiary/aromatic N) is 3. The maximum atomic E-state index is 10.8. The topological polar surface area (TPSA) is 82.5 Å². The van der Waals surface area contributed by atoms with Gasteiger partial charge in [-0.25, -0.2) is 0 Å². The van der Waals surface area contributed by atoms with E-state index in [2.05, 4.69) is 31.4 Å². The lowest BCUT2D eigenvalue weighted by Gasteiger charge is -2.25. The Labute approximate surface area is 134 Å². The van der Waals surface area contributed by atoms with Crippen molar-refractivity contribution in [2.75, 3.05) is 40.3 Å². The standard InChI is InChI=1S/C10H22N3S.CH3F2O4Si/c1-11(2)14(12-7-3-4-8-12)13-9-5-6-10-13;2-1(3)7-8(4,5)6/h3-10H2,1-2H3;1,4-5H/q+1;-1. The highest BCUT2D eigenvalue weighted by Gasteiger charge is 2.42. The van der Waals surface area contributed by atoms with Gasteiger partial charge < -0.3 is 18.8 Å². The van der Waals surface area contributed by atoms with E-state index < -0.39 is 15.7 Å². The SMILES string of the molecule is CN(C)[S+](N1CCCC1)N1CCCC1.[O-][Si](O)(O)OC(F)F. The van der Waals surface area contributed by atoms with Crippen molar-refractivity contribution in [3.63, 3.8) is 0 Å². The fraction of sp³-hybridized carbons (Fsp3) is 1.00. The molecule has 11 heteroatoms. The summed E-state index contributed by atoms with van der Waals surface area (Å²) in [7, 11) is -0.776. The molecule has 2 rings (SSSR count). The molecule has 2 fully saturated rings. The average molecular weight is 361 g/mol. The molecule has 2 aliphatic rings. The summed E-state index contributed by atoms with van der Waals surface area (Å²) in [5.74, 6) is 0. The summed E-state index contributed by atoms with van der Waals surface area (Å²) in [5.41, 5.74) is 0. The molecule has 2 aliphatic heterocycles. The smallest absolute Gasteiger partial charge is 0.411 e. The van der Waals surface area contributed by atoms with E-state index in [1.54, 1.807) is 0 Å². The Hall–Kier alpha value is 0.147. The summed E-state index contributed by atoms with van der Waals surface area (Å²) in [6, 6.07) is 0. The second-order valence-electron chi connectivity index (χ2n) is 5.26. The van der Waals surface area contributed by atoms with E-state index in [0.717, 1.165) is 0 Å². The minimum atomic E-state index is -5.22. The Morgan fingerprint density at radius 1 is 1.05 bits per heavy atom. The highest BCUT2D eigenvalue weighted by atomic mass is 32.2. The maximum absolute atomic E-state index is 10.8. The summed E-state index contributed by atoms with van der Waals surface area (Å²) in [6.07, 6.45) is 5.58. The highest BCUT2D eigenvalue weighted by Crippen LogP contribution is 2.23. The third-order valence-electron chi connectivity index (χ3n) is 3.16. The molecule has 0 aromatic heterocycles. The zero-order chi connectivity index (χ0) is 16.8. The molecule has 0 aliphatic carbocycles. The highest BCUT2D eigenvalue weighted by molar-refractivity contribution is 7.90. The van der Waals surface area contributed by atoms with Crippen molar-refractivity contribution in [1.29, 1.82) is 0 Å². The van der Waals surface area contributed by atoms with Crippen molar-refractivity contribution in [3.05, 3.63) is 0 Å². The predicted molar refractivity (Wildman–Crippen MR) is 79.9 cm³/mol. The molecule has 22 heavy (non-hydrogen) atoms. The molecule has 0 unspecified atom stereocenters. The Balaban J connectivity index is 0.000000261. The first-order valence-electron chi connectivity index (χ1n) is 7.23. The van der Waals surface area contributed by atoms with Gasteiger partial charge in [0.15, 0.2) is 0 Å². The minimum Gasteiger partial charge on any atom is -0.793 e. The lowest BCUT2D eigenvalue weighted by molar-refractivity contribution is -0.321. The number of hydrogen-bond acceptors (Lipinski definition) is 7. The first-order valence-corrected chi connectivity index (χ1v) is 10.0. The van der Waals surface area contributed by atoms with Crippen LogP contribution < -0.4 is 4.80 Å². The van der Waals surface area contributed by atoms with Crippen LogP contribution in [0.15, 0.2) is 0 Å². The van der Waals surface area contributed by atoms with Crippen LogP contribution >= 0.6 is 0 Å². The Bertz CT molecular complexity index is 298. The quantitative estimate of drug-likeness (QED) is 0.485. The van der Waals surface area contributed by atoms with Crippen LogP contribution in [0.3, 0.4) is 0 Å². The number of rotatable bonds is 5. The molecule has 0 saturated carbocycles. The van der Waals surface area contributed by atoms with Crippen LogP contribution in [0, 0.1) is 0 Å². The van der Waals surface area contributed by atoms with Gasteiger partial charge in [-0.2, -0.15) is 8.78 Å². The van der Waals surface area contributed by atoms with Crippen molar-refractivity contribution in [2.45, 2.75) is 32.3 Å². The number of halogens is 2. The van der Waals surface area contributed by atoms with Crippen molar-refractivity contribution < 1.29 is 27.6 Å². The predicted octanol–water partition coefficient (Wildman–Crippen LogP) is -0.891. The fourth-order valence-corrected chi connectivity index (χ4v) is 5.10. The summed E-state index contributed by atoms with van der Waals surface area (Å²) < 4.78 is 32.2. The molecule has 0 spiro atoms. The van der Waals surface area contributed by atoms with Crippen LogP contribution in [0.4, 0.5) is 8.78 Å². The van der Waals surface area contributed by atoms with Crippen molar-refractivity contribution in [3.8, 4) is 0 Å². The summed E-state index contributed by atoms with van der Waals surface area (Å²) in [4.78, 5) is 24.7. The van der Waals surface area contributed by atoms with E-state index in [9.17, 15) is 13.6 Å². The van der Waals surface area contributed by atoms with Gasteiger partial charge >= 0.3 is 15.7 Å². The lowest BCUT2D eigenvalue weighted by atomic mass is 10.4. The van der Waals surface area contributed by atoms with Gasteiger partial charge in [0.05, 0.1) is 0 Å². The van der Waals surface area contributed by atoms with Crippen LogP contribution in [0.1, 0.15) is 25.7 Å². The maximum Gasteiger partial charge on any atom is 0.411 e. The molecule has 7 nitrogen and oxygen atoms in total. The van der Waals surface area contributed by atoms with Crippen LogP contribution in [0.25, 0.3) is 0 Å².